The van der Waals surface area contributed by atoms with Crippen molar-refractivity contribution in [1.29, 1.82) is 0 Å². The fourth-order valence-corrected chi connectivity index (χ4v) is 0.513. The molecule has 0 aromatic rings. The van der Waals surface area contributed by atoms with Gasteiger partial charge in [0.25, 0.3) is 0 Å². The van der Waals surface area contributed by atoms with Crippen LogP contribution in [0.4, 0.5) is 26.3 Å². The fraction of sp³-hybridized carbons (Fsp3) is 0.667. The van der Waals surface area contributed by atoms with Gasteiger partial charge in [-0.15, -0.1) is 6.58 Å². The van der Waals surface area contributed by atoms with Crippen LogP contribution in [0.1, 0.15) is 0 Å². The third-order valence-electron chi connectivity index (χ3n) is 1.15. The van der Waals surface area contributed by atoms with Gasteiger partial charge in [0.1, 0.15) is 0 Å². The van der Waals surface area contributed by atoms with E-state index in [9.17, 15) is 26.3 Å². The summed E-state index contributed by atoms with van der Waals surface area (Å²) < 4.78 is 74.8. The Morgan fingerprint density at radius 1 is 1.14 bits per heavy atom. The van der Waals surface area contributed by atoms with Crippen LogP contribution in [0.2, 0.25) is 0 Å². The van der Waals surface area contributed by atoms with E-state index in [2.05, 4.69) is 11.3 Å². The van der Waals surface area contributed by atoms with Gasteiger partial charge in [-0.25, -0.2) is 0 Å². The van der Waals surface area contributed by atoms with Crippen LogP contribution in [0.5, 0.6) is 0 Å². The Morgan fingerprint density at radius 3 is 1.79 bits per heavy atom. The van der Waals surface area contributed by atoms with Gasteiger partial charge in [0.05, 0.1) is 6.61 Å². The number of hydrogen-bond donors (Lipinski definition) is 1. The molecule has 14 heavy (non-hydrogen) atoms. The maximum atomic E-state index is 12.6. The lowest BCUT2D eigenvalue weighted by molar-refractivity contribution is -0.447. The Balaban J connectivity index is 4.96. The number of ether oxygens (including phenoxy) is 1. The largest absolute Gasteiger partial charge is 0.457 e. The number of rotatable bonds is 4. The number of halogens is 6. The van der Waals surface area contributed by atoms with Gasteiger partial charge >= 0.3 is 18.1 Å². The number of hydrogen-bond acceptors (Lipinski definition) is 2. The highest BCUT2D eigenvalue weighted by Crippen LogP contribution is 2.44. The van der Waals surface area contributed by atoms with Gasteiger partial charge in [0.15, 0.2) is 0 Å². The van der Waals surface area contributed by atoms with E-state index >= 15 is 0 Å². The summed E-state index contributed by atoms with van der Waals surface area (Å²) in [7, 11) is 0. The van der Waals surface area contributed by atoms with Crippen LogP contribution < -0.4 is 0 Å². The number of alkyl halides is 6. The van der Waals surface area contributed by atoms with Crippen LogP contribution >= 0.6 is 0 Å². The fourth-order valence-electron chi connectivity index (χ4n) is 0.513. The lowest BCUT2D eigenvalue weighted by atomic mass is 10.3. The molecule has 0 saturated heterocycles. The summed E-state index contributed by atoms with van der Waals surface area (Å²) in [5.74, 6) is -5.42. The zero-order chi connectivity index (χ0) is 11.6. The van der Waals surface area contributed by atoms with Crippen LogP contribution in [-0.4, -0.2) is 29.9 Å². The normalized spacial score (nSPS) is 17.6. The van der Waals surface area contributed by atoms with Gasteiger partial charge < -0.3 is 9.84 Å². The lowest BCUT2D eigenvalue weighted by Gasteiger charge is -2.30. The monoisotopic (exact) mass is 224 g/mol. The second kappa shape index (κ2) is 3.77. The smallest absolute Gasteiger partial charge is 0.331 e. The Morgan fingerprint density at radius 2 is 1.57 bits per heavy atom. The Labute approximate surface area is 74.8 Å². The lowest BCUT2D eigenvalue weighted by Crippen LogP contribution is -2.57. The van der Waals surface area contributed by atoms with Gasteiger partial charge in [0.2, 0.25) is 0 Å². The highest BCUT2D eigenvalue weighted by molar-refractivity contribution is 4.86. The molecule has 1 unspecified atom stereocenters. The highest BCUT2D eigenvalue weighted by Gasteiger charge is 2.73. The van der Waals surface area contributed by atoms with Gasteiger partial charge in [-0.05, 0) is 0 Å². The maximum Gasteiger partial charge on any atom is 0.457 e. The van der Waals surface area contributed by atoms with Crippen LogP contribution in [0, 0.1) is 0 Å². The van der Waals surface area contributed by atoms with Gasteiger partial charge in [-0.2, -0.15) is 26.3 Å². The van der Waals surface area contributed by atoms with Crippen molar-refractivity contribution in [3.05, 3.63) is 12.7 Å². The van der Waals surface area contributed by atoms with E-state index in [0.717, 1.165) is 0 Å². The molecule has 1 atom stereocenters. The molecule has 1 N–H and O–H groups in total. The van der Waals surface area contributed by atoms with Crippen LogP contribution in [0.25, 0.3) is 0 Å². The molecule has 84 valence electrons. The van der Waals surface area contributed by atoms with E-state index < -0.39 is 24.7 Å². The molecule has 0 fully saturated rings. The molecule has 0 bridgehead atoms. The van der Waals surface area contributed by atoms with Gasteiger partial charge in [-0.1, -0.05) is 6.08 Å². The van der Waals surface area contributed by atoms with Crippen LogP contribution in [0.15, 0.2) is 12.7 Å². The molecule has 0 heterocycles. The van der Waals surface area contributed by atoms with E-state index in [1.165, 1.54) is 0 Å². The summed E-state index contributed by atoms with van der Waals surface area (Å²) in [4.78, 5) is 0. The van der Waals surface area contributed by atoms with Crippen molar-refractivity contribution in [2.24, 2.45) is 0 Å². The van der Waals surface area contributed by atoms with E-state index in [1.54, 1.807) is 0 Å². The first-order valence-electron chi connectivity index (χ1n) is 3.17. The first kappa shape index (κ1) is 13.2. The molecule has 0 saturated carbocycles. The minimum absolute atomic E-state index is 0.631. The Kier molecular flexibility index (Phi) is 3.57. The average molecular weight is 224 g/mol. The molecule has 0 spiro atoms. The summed E-state index contributed by atoms with van der Waals surface area (Å²) in [5, 5.41) is 7.71. The Hall–Kier alpha value is -0.760. The van der Waals surface area contributed by atoms with E-state index in [1.807, 2.05) is 0 Å². The van der Waals surface area contributed by atoms with Crippen LogP contribution in [-0.2, 0) is 4.74 Å². The topological polar surface area (TPSA) is 29.5 Å². The van der Waals surface area contributed by atoms with Crippen molar-refractivity contribution in [2.75, 3.05) is 6.61 Å². The Bertz CT molecular complexity index is 191. The highest BCUT2D eigenvalue weighted by atomic mass is 19.4. The standard InChI is InChI=1S/C6H6F6O2/c1-2-3-14-4(7,5(8,9)10)6(11,12)13/h2,13H,1,3H2. The molecule has 0 rings (SSSR count). The third-order valence-corrected chi connectivity index (χ3v) is 1.15. The second-order valence-corrected chi connectivity index (χ2v) is 2.23. The van der Waals surface area contributed by atoms with E-state index in [-0.39, 0.29) is 0 Å². The zero-order valence-corrected chi connectivity index (χ0v) is 6.61. The molecule has 0 aliphatic heterocycles. The second-order valence-electron chi connectivity index (χ2n) is 2.23. The SMILES string of the molecule is C=CCOC(F)(C(O)(F)F)C(F)(F)F. The third kappa shape index (κ3) is 2.38. The summed E-state index contributed by atoms with van der Waals surface area (Å²) in [6, 6.07) is 0. The minimum atomic E-state index is -6.05. The van der Waals surface area contributed by atoms with Crippen molar-refractivity contribution >= 4 is 0 Å². The predicted octanol–water partition coefficient (Wildman–Crippen LogP) is 2.00. The van der Waals surface area contributed by atoms with E-state index in [4.69, 9.17) is 5.11 Å². The summed E-state index contributed by atoms with van der Waals surface area (Å²) in [6.45, 7) is 1.72. The summed E-state index contributed by atoms with van der Waals surface area (Å²) >= 11 is 0. The zero-order valence-electron chi connectivity index (χ0n) is 6.61. The predicted molar refractivity (Wildman–Crippen MR) is 33.2 cm³/mol. The molecule has 0 aromatic heterocycles. The van der Waals surface area contributed by atoms with Crippen molar-refractivity contribution in [1.82, 2.24) is 0 Å². The molecule has 8 heteroatoms. The van der Waals surface area contributed by atoms with Crippen molar-refractivity contribution in [3.63, 3.8) is 0 Å². The summed E-state index contributed by atoms with van der Waals surface area (Å²) in [5.41, 5.74) is 0. The quantitative estimate of drug-likeness (QED) is 0.584. The van der Waals surface area contributed by atoms with E-state index in [0.29, 0.717) is 6.08 Å². The average Bonchev–Trinajstić information content (AvgIpc) is 1.95. The first-order valence-corrected chi connectivity index (χ1v) is 3.17. The van der Waals surface area contributed by atoms with Gasteiger partial charge in [-0.3, -0.25) is 0 Å². The molecule has 0 aliphatic carbocycles. The molecule has 2 nitrogen and oxygen atoms in total. The van der Waals surface area contributed by atoms with Crippen molar-refractivity contribution < 1.29 is 36.2 Å². The van der Waals surface area contributed by atoms with Crippen molar-refractivity contribution in [3.8, 4) is 0 Å². The van der Waals surface area contributed by atoms with Gasteiger partial charge in [0, 0.05) is 0 Å². The molecule has 0 aromatic carbocycles. The molecule has 0 radical (unpaired) electrons. The molecular weight excluding hydrogens is 218 g/mol. The van der Waals surface area contributed by atoms with Crippen molar-refractivity contribution in [2.45, 2.75) is 18.1 Å². The number of aliphatic hydroxyl groups is 1. The molecule has 0 amide bonds. The minimum Gasteiger partial charge on any atom is -0.331 e. The summed E-state index contributed by atoms with van der Waals surface area (Å²) in [6.07, 6.45) is -11.1. The molecular formula is C6H6F6O2. The first-order chi connectivity index (χ1) is 6.06. The molecule has 0 aliphatic rings. The van der Waals surface area contributed by atoms with Crippen LogP contribution in [0.3, 0.4) is 0 Å². The maximum absolute atomic E-state index is 12.6.